The second kappa shape index (κ2) is 4.18. The summed E-state index contributed by atoms with van der Waals surface area (Å²) >= 11 is 5.99. The molecule has 0 spiro atoms. The van der Waals surface area contributed by atoms with Crippen LogP contribution in [0.25, 0.3) is 10.9 Å². The zero-order chi connectivity index (χ0) is 12.7. The molecule has 0 atom stereocenters. The van der Waals surface area contributed by atoms with Crippen LogP contribution in [0.3, 0.4) is 0 Å². The van der Waals surface area contributed by atoms with E-state index in [1.807, 2.05) is 32.0 Å². The van der Waals surface area contributed by atoms with Gasteiger partial charge in [-0.15, -0.1) is 0 Å². The number of benzene rings is 1. The molecule has 0 radical (unpaired) electrons. The molecule has 3 nitrogen and oxygen atoms in total. The van der Waals surface area contributed by atoms with Crippen molar-refractivity contribution in [1.29, 1.82) is 0 Å². The molecule has 0 aliphatic heterocycles. The van der Waals surface area contributed by atoms with Crippen molar-refractivity contribution in [3.63, 3.8) is 0 Å². The van der Waals surface area contributed by atoms with E-state index in [4.69, 9.17) is 16.1 Å². The molecule has 0 unspecified atom stereocenters. The lowest BCUT2D eigenvalue weighted by Crippen LogP contribution is -1.99. The van der Waals surface area contributed by atoms with E-state index in [2.05, 4.69) is 22.0 Å². The van der Waals surface area contributed by atoms with Crippen molar-refractivity contribution in [2.75, 3.05) is 0 Å². The Hall–Kier alpha value is -1.74. The van der Waals surface area contributed by atoms with Crippen molar-refractivity contribution in [2.24, 2.45) is 0 Å². The van der Waals surface area contributed by atoms with Gasteiger partial charge in [-0.1, -0.05) is 16.8 Å². The Kier molecular flexibility index (Phi) is 2.63. The molecule has 0 fully saturated rings. The fourth-order valence-electron chi connectivity index (χ4n) is 2.21. The first-order chi connectivity index (χ1) is 8.65. The molecule has 0 amide bonds. The Morgan fingerprint density at radius 3 is 2.83 bits per heavy atom. The van der Waals surface area contributed by atoms with Crippen molar-refractivity contribution in [3.05, 3.63) is 52.5 Å². The van der Waals surface area contributed by atoms with Crippen molar-refractivity contribution < 1.29 is 4.52 Å². The number of nitrogens with zero attached hydrogens (tertiary/aromatic N) is 2. The SMILES string of the molecule is Cc1noc(C)c1Cn1ccc2cc(Cl)ccc21. The van der Waals surface area contributed by atoms with E-state index < -0.39 is 0 Å². The lowest BCUT2D eigenvalue weighted by atomic mass is 10.2. The highest BCUT2D eigenvalue weighted by atomic mass is 35.5. The Labute approximate surface area is 110 Å². The van der Waals surface area contributed by atoms with Crippen LogP contribution in [0, 0.1) is 13.8 Å². The van der Waals surface area contributed by atoms with Crippen LogP contribution in [0.4, 0.5) is 0 Å². The van der Waals surface area contributed by atoms with Crippen molar-refractivity contribution >= 4 is 22.5 Å². The topological polar surface area (TPSA) is 31.0 Å². The highest BCUT2D eigenvalue weighted by molar-refractivity contribution is 6.31. The van der Waals surface area contributed by atoms with E-state index in [1.54, 1.807) is 0 Å². The maximum atomic E-state index is 5.99. The van der Waals surface area contributed by atoms with Gasteiger partial charge in [-0.3, -0.25) is 0 Å². The number of rotatable bonds is 2. The molecule has 3 rings (SSSR count). The van der Waals surface area contributed by atoms with Crippen molar-refractivity contribution in [2.45, 2.75) is 20.4 Å². The molecule has 0 N–H and O–H groups in total. The van der Waals surface area contributed by atoms with Gasteiger partial charge in [0.2, 0.25) is 0 Å². The van der Waals surface area contributed by atoms with Gasteiger partial charge in [0.05, 0.1) is 12.2 Å². The van der Waals surface area contributed by atoms with Crippen LogP contribution >= 0.6 is 11.6 Å². The van der Waals surface area contributed by atoms with Gasteiger partial charge in [0, 0.05) is 27.7 Å². The predicted molar refractivity (Wildman–Crippen MR) is 72.0 cm³/mol. The number of hydrogen-bond acceptors (Lipinski definition) is 2. The maximum absolute atomic E-state index is 5.99. The number of fused-ring (bicyclic) bond motifs is 1. The van der Waals surface area contributed by atoms with Gasteiger partial charge in [0.25, 0.3) is 0 Å². The summed E-state index contributed by atoms with van der Waals surface area (Å²) < 4.78 is 7.37. The highest BCUT2D eigenvalue weighted by Crippen LogP contribution is 2.22. The number of halogens is 1. The standard InChI is InChI=1S/C14H13ClN2O/c1-9-13(10(2)18-16-9)8-17-6-5-11-7-12(15)3-4-14(11)17/h3-7H,8H2,1-2H3. The smallest absolute Gasteiger partial charge is 0.138 e. The fraction of sp³-hybridized carbons (Fsp3) is 0.214. The van der Waals surface area contributed by atoms with Crippen LogP contribution in [0.1, 0.15) is 17.0 Å². The summed E-state index contributed by atoms with van der Waals surface area (Å²) in [5.74, 6) is 0.878. The molecule has 2 heterocycles. The summed E-state index contributed by atoms with van der Waals surface area (Å²) in [6, 6.07) is 7.99. The van der Waals surface area contributed by atoms with Gasteiger partial charge < -0.3 is 9.09 Å². The van der Waals surface area contributed by atoms with E-state index in [-0.39, 0.29) is 0 Å². The summed E-state index contributed by atoms with van der Waals surface area (Å²) in [6.07, 6.45) is 2.06. The number of aryl methyl sites for hydroxylation is 2. The average Bonchev–Trinajstić information content (AvgIpc) is 2.87. The molecular formula is C14H13ClN2O. The molecule has 2 aromatic heterocycles. The van der Waals surface area contributed by atoms with Crippen molar-refractivity contribution in [3.8, 4) is 0 Å². The normalized spacial score (nSPS) is 11.3. The van der Waals surface area contributed by atoms with Crippen LogP contribution in [-0.4, -0.2) is 9.72 Å². The zero-order valence-electron chi connectivity index (χ0n) is 10.3. The minimum atomic E-state index is 0.762. The summed E-state index contributed by atoms with van der Waals surface area (Å²) in [7, 11) is 0. The monoisotopic (exact) mass is 260 g/mol. The summed E-state index contributed by atoms with van der Waals surface area (Å²) in [5.41, 5.74) is 3.25. The van der Waals surface area contributed by atoms with Crippen LogP contribution in [0.5, 0.6) is 0 Å². The molecule has 3 aromatic rings. The van der Waals surface area contributed by atoms with Crippen molar-refractivity contribution in [1.82, 2.24) is 9.72 Å². The molecule has 0 saturated heterocycles. The van der Waals surface area contributed by atoms with Gasteiger partial charge in [0.15, 0.2) is 0 Å². The third-order valence-electron chi connectivity index (χ3n) is 3.24. The van der Waals surface area contributed by atoms with Gasteiger partial charge in [-0.25, -0.2) is 0 Å². The molecule has 18 heavy (non-hydrogen) atoms. The van der Waals surface area contributed by atoms with E-state index in [0.29, 0.717) is 0 Å². The first-order valence-corrected chi connectivity index (χ1v) is 6.19. The molecular weight excluding hydrogens is 248 g/mol. The van der Waals surface area contributed by atoms with Crippen LogP contribution in [0.2, 0.25) is 5.02 Å². The largest absolute Gasteiger partial charge is 0.361 e. The Morgan fingerprint density at radius 2 is 2.11 bits per heavy atom. The van der Waals surface area contributed by atoms with Gasteiger partial charge >= 0.3 is 0 Å². The summed E-state index contributed by atoms with van der Waals surface area (Å²) in [5, 5.41) is 5.89. The quantitative estimate of drug-likeness (QED) is 0.699. The lowest BCUT2D eigenvalue weighted by Gasteiger charge is -2.05. The van der Waals surface area contributed by atoms with Gasteiger partial charge in [0.1, 0.15) is 5.76 Å². The molecule has 0 aliphatic carbocycles. The molecule has 4 heteroatoms. The first-order valence-electron chi connectivity index (χ1n) is 5.81. The lowest BCUT2D eigenvalue weighted by molar-refractivity contribution is 0.392. The van der Waals surface area contributed by atoms with Crippen LogP contribution < -0.4 is 0 Å². The first kappa shape index (κ1) is 11.4. The van der Waals surface area contributed by atoms with E-state index >= 15 is 0 Å². The Morgan fingerprint density at radius 1 is 1.28 bits per heavy atom. The van der Waals surface area contributed by atoms with E-state index in [0.717, 1.165) is 34.0 Å². The van der Waals surface area contributed by atoms with E-state index in [9.17, 15) is 0 Å². The van der Waals surface area contributed by atoms with Gasteiger partial charge in [-0.05, 0) is 38.1 Å². The Bertz CT molecular complexity index is 692. The Balaban J connectivity index is 2.06. The average molecular weight is 261 g/mol. The van der Waals surface area contributed by atoms with Crippen LogP contribution in [-0.2, 0) is 6.54 Å². The predicted octanol–water partition coefficient (Wildman–Crippen LogP) is 3.95. The molecule has 1 aromatic carbocycles. The number of hydrogen-bond donors (Lipinski definition) is 0. The minimum Gasteiger partial charge on any atom is -0.361 e. The fourth-order valence-corrected chi connectivity index (χ4v) is 2.39. The summed E-state index contributed by atoms with van der Waals surface area (Å²) in [6.45, 7) is 4.68. The second-order valence-electron chi connectivity index (χ2n) is 4.45. The molecule has 0 aliphatic rings. The molecule has 0 saturated carbocycles. The minimum absolute atomic E-state index is 0.762. The zero-order valence-corrected chi connectivity index (χ0v) is 11.0. The van der Waals surface area contributed by atoms with E-state index in [1.165, 1.54) is 5.52 Å². The third-order valence-corrected chi connectivity index (χ3v) is 3.48. The molecule has 0 bridgehead atoms. The highest BCUT2D eigenvalue weighted by Gasteiger charge is 2.10. The molecule has 92 valence electrons. The second-order valence-corrected chi connectivity index (χ2v) is 4.89. The van der Waals surface area contributed by atoms with Crippen LogP contribution in [0.15, 0.2) is 35.0 Å². The maximum Gasteiger partial charge on any atom is 0.138 e. The number of aromatic nitrogens is 2. The van der Waals surface area contributed by atoms with Gasteiger partial charge in [-0.2, -0.15) is 0 Å². The third kappa shape index (κ3) is 1.81. The summed E-state index contributed by atoms with van der Waals surface area (Å²) in [4.78, 5) is 0.